The van der Waals surface area contributed by atoms with Crippen molar-refractivity contribution >= 4 is 11.1 Å². The molecule has 4 aromatic rings. The van der Waals surface area contributed by atoms with Crippen LogP contribution in [0.1, 0.15) is 5.56 Å². The van der Waals surface area contributed by atoms with Gasteiger partial charge in [0, 0.05) is 29.9 Å². The number of nitrogens with zero attached hydrogens (tertiary/aromatic N) is 1. The lowest BCUT2D eigenvalue weighted by atomic mass is 10.0. The van der Waals surface area contributed by atoms with Crippen molar-refractivity contribution in [2.24, 2.45) is 5.73 Å². The van der Waals surface area contributed by atoms with Crippen LogP contribution in [0.15, 0.2) is 59.1 Å². The van der Waals surface area contributed by atoms with Gasteiger partial charge in [0.15, 0.2) is 17.1 Å². The van der Waals surface area contributed by atoms with Gasteiger partial charge in [-0.3, -0.25) is 4.98 Å². The molecular formula is C23H22N2O4. The van der Waals surface area contributed by atoms with Gasteiger partial charge < -0.3 is 24.4 Å². The van der Waals surface area contributed by atoms with E-state index in [4.69, 9.17) is 24.4 Å². The zero-order chi connectivity index (χ0) is 20.4. The minimum absolute atomic E-state index is 0.483. The zero-order valence-corrected chi connectivity index (χ0v) is 16.6. The highest BCUT2D eigenvalue weighted by molar-refractivity contribution is 5.92. The quantitative estimate of drug-likeness (QED) is 0.516. The second-order valence-electron chi connectivity index (χ2n) is 6.50. The number of methoxy groups -OCH3 is 3. The molecule has 2 aromatic heterocycles. The molecule has 0 atom stereocenters. The van der Waals surface area contributed by atoms with Crippen LogP contribution in [-0.2, 0) is 6.54 Å². The molecule has 0 unspecified atom stereocenters. The number of pyridine rings is 1. The summed E-state index contributed by atoms with van der Waals surface area (Å²) in [5.41, 5.74) is 11.1. The average molecular weight is 390 g/mol. The van der Waals surface area contributed by atoms with Gasteiger partial charge in [-0.1, -0.05) is 18.2 Å². The molecule has 0 aliphatic heterocycles. The summed E-state index contributed by atoms with van der Waals surface area (Å²) in [5.74, 6) is 2.32. The Kier molecular flexibility index (Phi) is 5.10. The van der Waals surface area contributed by atoms with Crippen LogP contribution in [0, 0.1) is 0 Å². The number of furan rings is 1. The average Bonchev–Trinajstić information content (AvgIpc) is 3.22. The normalized spacial score (nSPS) is 10.9. The Labute approximate surface area is 168 Å². The van der Waals surface area contributed by atoms with E-state index in [1.54, 1.807) is 27.5 Å². The monoisotopic (exact) mass is 390 g/mol. The van der Waals surface area contributed by atoms with Gasteiger partial charge in [-0.15, -0.1) is 0 Å². The first kappa shape index (κ1) is 18.8. The lowest BCUT2D eigenvalue weighted by molar-refractivity contribution is 0.324. The van der Waals surface area contributed by atoms with Gasteiger partial charge in [-0.2, -0.15) is 0 Å². The Morgan fingerprint density at radius 3 is 2.31 bits per heavy atom. The van der Waals surface area contributed by atoms with E-state index >= 15 is 0 Å². The van der Waals surface area contributed by atoms with Crippen LogP contribution in [-0.4, -0.2) is 26.3 Å². The Hall–Kier alpha value is -3.51. The molecule has 4 rings (SSSR count). The number of hydrogen-bond donors (Lipinski definition) is 1. The van der Waals surface area contributed by atoms with E-state index in [1.807, 2.05) is 42.5 Å². The van der Waals surface area contributed by atoms with Crippen molar-refractivity contribution in [3.05, 3.63) is 60.3 Å². The maximum atomic E-state index is 6.24. The van der Waals surface area contributed by atoms with Gasteiger partial charge in [-0.05, 0) is 35.4 Å². The molecule has 0 bridgehead atoms. The van der Waals surface area contributed by atoms with Gasteiger partial charge in [-0.25, -0.2) is 0 Å². The van der Waals surface area contributed by atoms with E-state index in [-0.39, 0.29) is 0 Å². The first-order chi connectivity index (χ1) is 14.2. The zero-order valence-electron chi connectivity index (χ0n) is 16.6. The molecule has 0 aliphatic rings. The summed E-state index contributed by atoms with van der Waals surface area (Å²) >= 11 is 0. The van der Waals surface area contributed by atoms with Gasteiger partial charge in [0.2, 0.25) is 5.75 Å². The largest absolute Gasteiger partial charge is 0.493 e. The summed E-state index contributed by atoms with van der Waals surface area (Å²) in [6, 6.07) is 15.7. The van der Waals surface area contributed by atoms with Crippen molar-refractivity contribution in [1.82, 2.24) is 4.98 Å². The van der Waals surface area contributed by atoms with Gasteiger partial charge >= 0.3 is 0 Å². The van der Waals surface area contributed by atoms with Gasteiger partial charge in [0.25, 0.3) is 0 Å². The number of benzene rings is 2. The third-order valence-electron chi connectivity index (χ3n) is 4.83. The SMILES string of the molecule is COc1cc(-c2cc3nccc(-c4cccc(CN)c4)c3o2)cc(OC)c1OC. The van der Waals surface area contributed by atoms with Crippen molar-refractivity contribution in [3.63, 3.8) is 0 Å². The Morgan fingerprint density at radius 1 is 0.897 bits per heavy atom. The van der Waals surface area contributed by atoms with Crippen LogP contribution in [0.3, 0.4) is 0 Å². The van der Waals surface area contributed by atoms with Crippen molar-refractivity contribution in [2.75, 3.05) is 21.3 Å². The topological polar surface area (TPSA) is 79.7 Å². The molecule has 0 fully saturated rings. The first-order valence-corrected chi connectivity index (χ1v) is 9.16. The van der Waals surface area contributed by atoms with Crippen molar-refractivity contribution in [1.29, 1.82) is 0 Å². The van der Waals surface area contributed by atoms with Crippen molar-refractivity contribution < 1.29 is 18.6 Å². The number of fused-ring (bicyclic) bond motifs is 1. The van der Waals surface area contributed by atoms with Crippen molar-refractivity contribution in [2.45, 2.75) is 6.54 Å². The van der Waals surface area contributed by atoms with E-state index in [1.165, 1.54) is 0 Å². The lowest BCUT2D eigenvalue weighted by Crippen LogP contribution is -1.95. The molecule has 0 saturated heterocycles. The van der Waals surface area contributed by atoms with E-state index in [9.17, 15) is 0 Å². The van der Waals surface area contributed by atoms with Gasteiger partial charge in [0.1, 0.15) is 11.3 Å². The fourth-order valence-electron chi connectivity index (χ4n) is 3.40. The summed E-state index contributed by atoms with van der Waals surface area (Å²) in [6.45, 7) is 0.483. The molecule has 6 nitrogen and oxygen atoms in total. The predicted octanol–water partition coefficient (Wildman–Crippen LogP) is 4.65. The van der Waals surface area contributed by atoms with E-state index in [0.29, 0.717) is 35.1 Å². The smallest absolute Gasteiger partial charge is 0.203 e. The van der Waals surface area contributed by atoms with E-state index in [0.717, 1.165) is 27.8 Å². The summed E-state index contributed by atoms with van der Waals surface area (Å²) < 4.78 is 22.6. The van der Waals surface area contributed by atoms with Crippen LogP contribution in [0.2, 0.25) is 0 Å². The Bertz CT molecular complexity index is 1140. The fraction of sp³-hybridized carbons (Fsp3) is 0.174. The van der Waals surface area contributed by atoms with E-state index in [2.05, 4.69) is 11.1 Å². The van der Waals surface area contributed by atoms with Crippen LogP contribution in [0.5, 0.6) is 17.2 Å². The molecule has 2 heterocycles. The number of rotatable bonds is 6. The maximum Gasteiger partial charge on any atom is 0.203 e. The molecule has 2 aromatic carbocycles. The Balaban J connectivity index is 1.87. The molecule has 29 heavy (non-hydrogen) atoms. The van der Waals surface area contributed by atoms with Crippen molar-refractivity contribution in [3.8, 4) is 39.7 Å². The molecule has 0 saturated carbocycles. The highest BCUT2D eigenvalue weighted by atomic mass is 16.5. The predicted molar refractivity (Wildman–Crippen MR) is 112 cm³/mol. The van der Waals surface area contributed by atoms with E-state index < -0.39 is 0 Å². The highest BCUT2D eigenvalue weighted by Crippen LogP contribution is 2.42. The third-order valence-corrected chi connectivity index (χ3v) is 4.83. The summed E-state index contributed by atoms with van der Waals surface area (Å²) in [5, 5.41) is 0. The highest BCUT2D eigenvalue weighted by Gasteiger charge is 2.18. The minimum atomic E-state index is 0.483. The van der Waals surface area contributed by atoms with Crippen LogP contribution < -0.4 is 19.9 Å². The fourth-order valence-corrected chi connectivity index (χ4v) is 3.40. The summed E-state index contributed by atoms with van der Waals surface area (Å²) in [4.78, 5) is 4.47. The molecule has 148 valence electrons. The number of nitrogens with two attached hydrogens (primary N) is 1. The minimum Gasteiger partial charge on any atom is -0.493 e. The lowest BCUT2D eigenvalue weighted by Gasteiger charge is -2.13. The summed E-state index contributed by atoms with van der Waals surface area (Å²) in [6.07, 6.45) is 1.78. The standard InChI is InChI=1S/C23H22N2O4/c1-26-20-10-16(11-21(27-2)23(20)28-3)19-12-18-22(29-19)17(7-8-25-18)15-6-4-5-14(9-15)13-24/h4-12H,13,24H2,1-3H3. The van der Waals surface area contributed by atoms with Gasteiger partial charge in [0.05, 0.1) is 21.3 Å². The molecule has 6 heteroatoms. The number of ether oxygens (including phenoxy) is 3. The number of aromatic nitrogens is 1. The van der Waals surface area contributed by atoms with Crippen LogP contribution in [0.4, 0.5) is 0 Å². The first-order valence-electron chi connectivity index (χ1n) is 9.16. The second-order valence-corrected chi connectivity index (χ2v) is 6.50. The molecule has 0 spiro atoms. The van der Waals surface area contributed by atoms with Crippen LogP contribution in [0.25, 0.3) is 33.6 Å². The molecule has 0 amide bonds. The van der Waals surface area contributed by atoms with Crippen LogP contribution >= 0.6 is 0 Å². The summed E-state index contributed by atoms with van der Waals surface area (Å²) in [7, 11) is 4.75. The Morgan fingerprint density at radius 2 is 1.66 bits per heavy atom. The number of hydrogen-bond acceptors (Lipinski definition) is 6. The molecule has 0 radical (unpaired) electrons. The maximum absolute atomic E-state index is 6.24. The molecule has 2 N–H and O–H groups in total. The molecular weight excluding hydrogens is 368 g/mol. The second kappa shape index (κ2) is 7.85. The molecule has 0 aliphatic carbocycles. The third kappa shape index (κ3) is 3.39.